The molecule has 1 aromatic carbocycles. The molecule has 0 amide bonds. The van der Waals surface area contributed by atoms with Crippen LogP contribution in [0.3, 0.4) is 0 Å². The van der Waals surface area contributed by atoms with Gasteiger partial charge in [0, 0.05) is 24.5 Å². The zero-order valence-corrected chi connectivity index (χ0v) is 15.3. The first kappa shape index (κ1) is 17.5. The van der Waals surface area contributed by atoms with Gasteiger partial charge in [0.1, 0.15) is 6.73 Å². The quantitative estimate of drug-likeness (QED) is 0.519. The summed E-state index contributed by atoms with van der Waals surface area (Å²) in [4.78, 5) is 0. The van der Waals surface area contributed by atoms with Crippen LogP contribution in [0.25, 0.3) is 10.9 Å². The summed E-state index contributed by atoms with van der Waals surface area (Å²) < 4.78 is 46.7. The highest BCUT2D eigenvalue weighted by Crippen LogP contribution is 2.35. The Bertz CT molecular complexity index is 664. The minimum absolute atomic E-state index is 0.0213. The Labute approximate surface area is 136 Å². The molecule has 0 atom stereocenters. The van der Waals surface area contributed by atoms with Gasteiger partial charge in [-0.3, -0.25) is 0 Å². The predicted octanol–water partition coefficient (Wildman–Crippen LogP) is 5.13. The van der Waals surface area contributed by atoms with Crippen molar-refractivity contribution in [1.82, 2.24) is 9.78 Å². The van der Waals surface area contributed by atoms with E-state index in [2.05, 4.69) is 40.7 Å². The van der Waals surface area contributed by atoms with E-state index in [1.54, 1.807) is 12.1 Å². The van der Waals surface area contributed by atoms with Crippen molar-refractivity contribution in [3.8, 4) is 0 Å². The maximum Gasteiger partial charge on any atom is 0.435 e. The fourth-order valence-corrected chi connectivity index (χ4v) is 3.09. The van der Waals surface area contributed by atoms with Gasteiger partial charge in [0.25, 0.3) is 0 Å². The summed E-state index contributed by atoms with van der Waals surface area (Å²) >= 11 is 3.28. The monoisotopic (exact) mass is 394 g/mol. The lowest BCUT2D eigenvalue weighted by atomic mass is 10.2. The molecule has 8 heteroatoms. The first-order chi connectivity index (χ1) is 10.1. The summed E-state index contributed by atoms with van der Waals surface area (Å²) in [6.07, 6.45) is -4.48. The average molecular weight is 395 g/mol. The average Bonchev–Trinajstić information content (AvgIpc) is 2.71. The molecule has 0 aliphatic rings. The van der Waals surface area contributed by atoms with Gasteiger partial charge in [0.2, 0.25) is 0 Å². The molecule has 0 spiro atoms. The molecule has 0 bridgehead atoms. The van der Waals surface area contributed by atoms with E-state index in [9.17, 15) is 13.2 Å². The first-order valence-corrected chi connectivity index (χ1v) is 11.4. The van der Waals surface area contributed by atoms with Crippen molar-refractivity contribution in [2.24, 2.45) is 0 Å². The fourth-order valence-electron chi connectivity index (χ4n) is 1.98. The second-order valence-corrected chi connectivity index (χ2v) is 12.9. The van der Waals surface area contributed by atoms with Crippen molar-refractivity contribution >= 4 is 34.9 Å². The Morgan fingerprint density at radius 2 is 1.95 bits per heavy atom. The van der Waals surface area contributed by atoms with E-state index in [1.165, 1.54) is 10.7 Å². The molecule has 1 aromatic heterocycles. The summed E-state index contributed by atoms with van der Waals surface area (Å²) in [5, 5.41) is 3.78. The maximum absolute atomic E-state index is 13.1. The molecule has 0 N–H and O–H groups in total. The van der Waals surface area contributed by atoms with Crippen LogP contribution in [0.1, 0.15) is 5.69 Å². The molecule has 2 aromatic rings. The van der Waals surface area contributed by atoms with Gasteiger partial charge in [0.05, 0.1) is 5.52 Å². The van der Waals surface area contributed by atoms with Crippen LogP contribution in [0.15, 0.2) is 22.7 Å². The van der Waals surface area contributed by atoms with E-state index in [4.69, 9.17) is 4.74 Å². The standard InChI is InChI=1S/C14H18BrF3N2OSi/c1-22(2,3)7-6-21-9-20-12-8-10(15)4-5-11(12)13(19-20)14(16,17)18/h4-5,8H,6-7,9H2,1-3H3. The van der Waals surface area contributed by atoms with Crippen molar-refractivity contribution in [3.05, 3.63) is 28.4 Å². The van der Waals surface area contributed by atoms with Crippen LogP contribution in [0.2, 0.25) is 25.7 Å². The number of rotatable bonds is 5. The maximum atomic E-state index is 13.1. The number of aromatic nitrogens is 2. The van der Waals surface area contributed by atoms with Crippen molar-refractivity contribution in [3.63, 3.8) is 0 Å². The zero-order valence-electron chi connectivity index (χ0n) is 12.7. The minimum Gasteiger partial charge on any atom is -0.360 e. The van der Waals surface area contributed by atoms with E-state index in [1.807, 2.05) is 0 Å². The number of fused-ring (bicyclic) bond motifs is 1. The number of hydrogen-bond donors (Lipinski definition) is 0. The Balaban J connectivity index is 2.24. The largest absolute Gasteiger partial charge is 0.435 e. The smallest absolute Gasteiger partial charge is 0.360 e. The van der Waals surface area contributed by atoms with Crippen LogP contribution in [-0.2, 0) is 17.6 Å². The fraction of sp³-hybridized carbons (Fsp3) is 0.500. The molecule has 1 heterocycles. The van der Waals surface area contributed by atoms with Gasteiger partial charge < -0.3 is 4.74 Å². The van der Waals surface area contributed by atoms with Gasteiger partial charge in [0.15, 0.2) is 5.69 Å². The van der Waals surface area contributed by atoms with Crippen LogP contribution in [0, 0.1) is 0 Å². The van der Waals surface area contributed by atoms with Gasteiger partial charge in [-0.15, -0.1) is 0 Å². The summed E-state index contributed by atoms with van der Waals surface area (Å²) in [6.45, 7) is 7.22. The molecular formula is C14H18BrF3N2OSi. The molecule has 22 heavy (non-hydrogen) atoms. The highest BCUT2D eigenvalue weighted by Gasteiger charge is 2.36. The van der Waals surface area contributed by atoms with Gasteiger partial charge in [-0.25, -0.2) is 4.68 Å². The summed E-state index contributed by atoms with van der Waals surface area (Å²) in [5.74, 6) is 0. The zero-order chi connectivity index (χ0) is 16.5. The van der Waals surface area contributed by atoms with E-state index < -0.39 is 19.9 Å². The van der Waals surface area contributed by atoms with Crippen LogP contribution >= 0.6 is 15.9 Å². The number of ether oxygens (including phenoxy) is 1. The van der Waals surface area contributed by atoms with Crippen molar-refractivity contribution in [2.45, 2.75) is 38.6 Å². The first-order valence-electron chi connectivity index (χ1n) is 6.89. The normalized spacial score (nSPS) is 13.0. The number of nitrogens with zero attached hydrogens (tertiary/aromatic N) is 2. The minimum atomic E-state index is -4.48. The number of alkyl halides is 3. The lowest BCUT2D eigenvalue weighted by Crippen LogP contribution is -2.22. The lowest BCUT2D eigenvalue weighted by molar-refractivity contribution is -0.140. The van der Waals surface area contributed by atoms with E-state index in [-0.39, 0.29) is 12.1 Å². The molecule has 0 aliphatic heterocycles. The van der Waals surface area contributed by atoms with Crippen molar-refractivity contribution < 1.29 is 17.9 Å². The third-order valence-corrected chi connectivity index (χ3v) is 5.39. The van der Waals surface area contributed by atoms with E-state index in [0.717, 1.165) is 6.04 Å². The third-order valence-electron chi connectivity index (χ3n) is 3.19. The van der Waals surface area contributed by atoms with Crippen molar-refractivity contribution in [1.29, 1.82) is 0 Å². The van der Waals surface area contributed by atoms with Gasteiger partial charge in [-0.05, 0) is 24.2 Å². The molecule has 0 unspecified atom stereocenters. The molecule has 0 fully saturated rings. The lowest BCUT2D eigenvalue weighted by Gasteiger charge is -2.15. The molecule has 122 valence electrons. The molecule has 2 rings (SSSR count). The Hall–Kier alpha value is -0.863. The molecule has 3 nitrogen and oxygen atoms in total. The SMILES string of the molecule is C[Si](C)(C)CCOCn1nc(C(F)(F)F)c2ccc(Br)cc21. The van der Waals surface area contributed by atoms with Crippen LogP contribution in [0.4, 0.5) is 13.2 Å². The van der Waals surface area contributed by atoms with Crippen molar-refractivity contribution in [2.75, 3.05) is 6.61 Å². The Kier molecular flexibility index (Phi) is 5.03. The van der Waals surface area contributed by atoms with Crippen LogP contribution in [0.5, 0.6) is 0 Å². The summed E-state index contributed by atoms with van der Waals surface area (Å²) in [7, 11) is -1.22. The highest BCUT2D eigenvalue weighted by molar-refractivity contribution is 9.10. The molecule has 0 radical (unpaired) electrons. The highest BCUT2D eigenvalue weighted by atomic mass is 79.9. The topological polar surface area (TPSA) is 27.1 Å². The van der Waals surface area contributed by atoms with E-state index in [0.29, 0.717) is 16.6 Å². The Morgan fingerprint density at radius 3 is 2.55 bits per heavy atom. The molecule has 0 saturated carbocycles. The second-order valence-electron chi connectivity index (χ2n) is 6.36. The second kappa shape index (κ2) is 6.33. The third kappa shape index (κ3) is 4.33. The number of hydrogen-bond acceptors (Lipinski definition) is 2. The summed E-state index contributed by atoms with van der Waals surface area (Å²) in [6, 6.07) is 5.59. The summed E-state index contributed by atoms with van der Waals surface area (Å²) in [5.41, 5.74) is -0.460. The molecular weight excluding hydrogens is 377 g/mol. The van der Waals surface area contributed by atoms with Crippen LogP contribution < -0.4 is 0 Å². The number of halogens is 4. The van der Waals surface area contributed by atoms with Crippen LogP contribution in [-0.4, -0.2) is 24.5 Å². The Morgan fingerprint density at radius 1 is 1.27 bits per heavy atom. The molecule has 0 saturated heterocycles. The number of benzene rings is 1. The van der Waals surface area contributed by atoms with Gasteiger partial charge in [-0.1, -0.05) is 35.6 Å². The van der Waals surface area contributed by atoms with Gasteiger partial charge in [-0.2, -0.15) is 18.3 Å². The molecule has 0 aliphatic carbocycles. The van der Waals surface area contributed by atoms with Gasteiger partial charge >= 0.3 is 6.18 Å². The predicted molar refractivity (Wildman–Crippen MR) is 86.5 cm³/mol. The van der Waals surface area contributed by atoms with E-state index >= 15 is 0 Å².